The minimum absolute atomic E-state index is 0.509. The molecule has 0 amide bonds. The molecule has 0 N–H and O–H groups in total. The number of alkyl halides is 1. The van der Waals surface area contributed by atoms with E-state index in [1.54, 1.807) is 0 Å². The molecule has 0 aliphatic rings. The zero-order valence-electron chi connectivity index (χ0n) is 6.76. The Morgan fingerprint density at radius 1 is 1.17 bits per heavy atom. The summed E-state index contributed by atoms with van der Waals surface area (Å²) in [5.74, 6) is 0. The molecule has 0 spiro atoms. The van der Waals surface area contributed by atoms with Crippen molar-refractivity contribution in [2.24, 2.45) is 0 Å². The summed E-state index contributed by atoms with van der Waals surface area (Å²) in [7, 11) is 0. The Hall–Kier alpha value is -0.810. The number of nitrogens with zero attached hydrogens (tertiary/aromatic N) is 1. The molecule has 0 aliphatic carbocycles. The predicted octanol–water partition coefficient (Wildman–Crippen LogP) is 2.69. The van der Waals surface area contributed by atoms with Crippen molar-refractivity contribution < 1.29 is 0 Å². The predicted molar refractivity (Wildman–Crippen MR) is 53.3 cm³/mol. The van der Waals surface area contributed by atoms with Crippen LogP contribution < -0.4 is 0 Å². The van der Waals surface area contributed by atoms with Crippen LogP contribution in [0.25, 0.3) is 0 Å². The summed E-state index contributed by atoms with van der Waals surface area (Å²) in [6, 6.07) is 10.3. The second-order valence-corrected chi connectivity index (χ2v) is 3.38. The molecule has 0 saturated heterocycles. The largest absolute Gasteiger partial charge is 0.198 e. The maximum absolute atomic E-state index is 8.43. The van der Waals surface area contributed by atoms with E-state index >= 15 is 0 Å². The fourth-order valence-corrected chi connectivity index (χ4v) is 1.48. The van der Waals surface area contributed by atoms with Crippen LogP contribution in [0, 0.1) is 11.3 Å². The third-order valence-electron chi connectivity index (χ3n) is 1.69. The van der Waals surface area contributed by atoms with E-state index in [2.05, 4.69) is 34.1 Å². The summed E-state index contributed by atoms with van der Waals surface area (Å²) in [5, 5.41) is 9.43. The van der Waals surface area contributed by atoms with Crippen molar-refractivity contribution in [3.63, 3.8) is 0 Å². The lowest BCUT2D eigenvalue weighted by molar-refractivity contribution is 1.15. The van der Waals surface area contributed by atoms with Crippen LogP contribution in [0.2, 0.25) is 0 Å². The number of rotatable bonds is 3. The van der Waals surface area contributed by atoms with E-state index in [1.165, 1.54) is 5.56 Å². The number of nitriles is 1. The molecule has 0 saturated carbocycles. The highest BCUT2D eigenvalue weighted by atomic mass is 79.9. The van der Waals surface area contributed by atoms with Gasteiger partial charge in [0.15, 0.2) is 0 Å². The number of halogens is 1. The van der Waals surface area contributed by atoms with Gasteiger partial charge in [-0.2, -0.15) is 5.26 Å². The minimum atomic E-state index is 0.509. The number of aryl methyl sites for hydroxylation is 1. The van der Waals surface area contributed by atoms with Gasteiger partial charge in [0.25, 0.3) is 0 Å². The van der Waals surface area contributed by atoms with Gasteiger partial charge < -0.3 is 0 Å². The SMILES string of the molecule is N#CCc1ccc(CCBr)cc1. The Bertz CT molecular complexity index is 271. The molecular formula is C10H10BrN. The van der Waals surface area contributed by atoms with Crippen LogP contribution in [0.4, 0.5) is 0 Å². The molecule has 0 fully saturated rings. The molecule has 62 valence electrons. The molecule has 0 aromatic heterocycles. The molecule has 0 heterocycles. The first-order valence-electron chi connectivity index (χ1n) is 3.87. The van der Waals surface area contributed by atoms with Crippen molar-refractivity contribution in [2.75, 3.05) is 5.33 Å². The molecule has 1 nitrogen and oxygen atoms in total. The molecule has 0 radical (unpaired) electrons. The van der Waals surface area contributed by atoms with Crippen LogP contribution in [0.15, 0.2) is 24.3 Å². The van der Waals surface area contributed by atoms with Gasteiger partial charge in [-0.15, -0.1) is 0 Å². The van der Waals surface area contributed by atoms with Crippen LogP contribution in [0.5, 0.6) is 0 Å². The Balaban J connectivity index is 2.66. The lowest BCUT2D eigenvalue weighted by Gasteiger charge is -1.98. The molecule has 0 unspecified atom stereocenters. The molecule has 12 heavy (non-hydrogen) atoms. The average molecular weight is 224 g/mol. The van der Waals surface area contributed by atoms with Crippen molar-refractivity contribution in [2.45, 2.75) is 12.8 Å². The van der Waals surface area contributed by atoms with E-state index in [-0.39, 0.29) is 0 Å². The highest BCUT2D eigenvalue weighted by Gasteiger charge is 1.92. The Labute approximate surface area is 81.2 Å². The van der Waals surface area contributed by atoms with E-state index in [0.29, 0.717) is 6.42 Å². The fraction of sp³-hybridized carbons (Fsp3) is 0.300. The van der Waals surface area contributed by atoms with E-state index in [1.807, 2.05) is 12.1 Å². The van der Waals surface area contributed by atoms with Crippen LogP contribution in [-0.4, -0.2) is 5.33 Å². The summed E-state index contributed by atoms with van der Waals surface area (Å²) in [6.45, 7) is 0. The van der Waals surface area contributed by atoms with Gasteiger partial charge in [0.2, 0.25) is 0 Å². The first-order valence-corrected chi connectivity index (χ1v) is 4.99. The van der Waals surface area contributed by atoms with Gasteiger partial charge in [-0.25, -0.2) is 0 Å². The van der Waals surface area contributed by atoms with Gasteiger partial charge in [-0.3, -0.25) is 0 Å². The lowest BCUT2D eigenvalue weighted by Crippen LogP contribution is -1.86. The summed E-state index contributed by atoms with van der Waals surface area (Å²) < 4.78 is 0. The quantitative estimate of drug-likeness (QED) is 0.724. The van der Waals surface area contributed by atoms with E-state index in [9.17, 15) is 0 Å². The van der Waals surface area contributed by atoms with E-state index < -0.39 is 0 Å². The molecule has 0 atom stereocenters. The Morgan fingerprint density at radius 2 is 1.75 bits per heavy atom. The number of hydrogen-bond donors (Lipinski definition) is 0. The fourth-order valence-electron chi connectivity index (χ4n) is 1.02. The monoisotopic (exact) mass is 223 g/mol. The smallest absolute Gasteiger partial charge is 0.0669 e. The zero-order valence-corrected chi connectivity index (χ0v) is 8.34. The van der Waals surface area contributed by atoms with Gasteiger partial charge in [0.1, 0.15) is 0 Å². The standard InChI is InChI=1S/C10H10BrN/c11-7-5-9-1-3-10(4-2-9)6-8-12/h1-4H,5-7H2. The summed E-state index contributed by atoms with van der Waals surface area (Å²) in [4.78, 5) is 0. The van der Waals surface area contributed by atoms with Gasteiger partial charge in [0.05, 0.1) is 12.5 Å². The second-order valence-electron chi connectivity index (χ2n) is 2.59. The molecule has 1 rings (SSSR count). The lowest BCUT2D eigenvalue weighted by atomic mass is 10.1. The molecule has 1 aromatic rings. The van der Waals surface area contributed by atoms with Crippen LogP contribution in [0.1, 0.15) is 11.1 Å². The van der Waals surface area contributed by atoms with Crippen molar-refractivity contribution in [3.8, 4) is 6.07 Å². The van der Waals surface area contributed by atoms with Crippen molar-refractivity contribution in [1.29, 1.82) is 5.26 Å². The van der Waals surface area contributed by atoms with Crippen molar-refractivity contribution >= 4 is 15.9 Å². The van der Waals surface area contributed by atoms with Crippen LogP contribution >= 0.6 is 15.9 Å². The first-order chi connectivity index (χ1) is 5.86. The summed E-state index contributed by atoms with van der Waals surface area (Å²) in [6.07, 6.45) is 1.56. The molecular weight excluding hydrogens is 214 g/mol. The maximum atomic E-state index is 8.43. The average Bonchev–Trinajstić information content (AvgIpc) is 2.09. The van der Waals surface area contributed by atoms with Gasteiger partial charge in [-0.05, 0) is 17.5 Å². The molecule has 2 heteroatoms. The third-order valence-corrected chi connectivity index (χ3v) is 2.09. The topological polar surface area (TPSA) is 23.8 Å². The van der Waals surface area contributed by atoms with Gasteiger partial charge >= 0.3 is 0 Å². The summed E-state index contributed by atoms with van der Waals surface area (Å²) >= 11 is 3.38. The van der Waals surface area contributed by atoms with Crippen molar-refractivity contribution in [1.82, 2.24) is 0 Å². The van der Waals surface area contributed by atoms with Gasteiger partial charge in [-0.1, -0.05) is 40.2 Å². The van der Waals surface area contributed by atoms with E-state index in [0.717, 1.165) is 17.3 Å². The van der Waals surface area contributed by atoms with E-state index in [4.69, 9.17) is 5.26 Å². The molecule has 0 bridgehead atoms. The summed E-state index contributed by atoms with van der Waals surface area (Å²) in [5.41, 5.74) is 2.41. The molecule has 0 aliphatic heterocycles. The number of benzene rings is 1. The van der Waals surface area contributed by atoms with Gasteiger partial charge in [0, 0.05) is 5.33 Å². The highest BCUT2D eigenvalue weighted by Crippen LogP contribution is 2.06. The first kappa shape index (κ1) is 9.28. The highest BCUT2D eigenvalue weighted by molar-refractivity contribution is 9.09. The Kier molecular flexibility index (Phi) is 3.83. The zero-order chi connectivity index (χ0) is 8.81. The van der Waals surface area contributed by atoms with Crippen LogP contribution in [0.3, 0.4) is 0 Å². The minimum Gasteiger partial charge on any atom is -0.198 e. The third kappa shape index (κ3) is 2.67. The Morgan fingerprint density at radius 3 is 2.25 bits per heavy atom. The normalized spacial score (nSPS) is 9.33. The maximum Gasteiger partial charge on any atom is 0.0669 e. The molecule has 1 aromatic carbocycles. The number of hydrogen-bond acceptors (Lipinski definition) is 1. The van der Waals surface area contributed by atoms with Crippen LogP contribution in [-0.2, 0) is 12.8 Å². The van der Waals surface area contributed by atoms with Crippen molar-refractivity contribution in [3.05, 3.63) is 35.4 Å². The second kappa shape index (κ2) is 4.95.